The Bertz CT molecular complexity index is 773. The smallest absolute Gasteiger partial charge is 0.140 e. The van der Waals surface area contributed by atoms with Crippen LogP contribution in [0.25, 0.3) is 0 Å². The van der Waals surface area contributed by atoms with Gasteiger partial charge in [-0.2, -0.15) is 0 Å². The highest BCUT2D eigenvalue weighted by atomic mass is 16.5. The molecule has 4 aliphatic carbocycles. The summed E-state index contributed by atoms with van der Waals surface area (Å²) < 4.78 is 6.54. The van der Waals surface area contributed by atoms with Crippen molar-refractivity contribution in [2.45, 2.75) is 97.7 Å². The molecule has 10 atom stereocenters. The Kier molecular flexibility index (Phi) is 5.37. The predicted molar refractivity (Wildman–Crippen MR) is 120 cm³/mol. The van der Waals surface area contributed by atoms with Gasteiger partial charge in [-0.3, -0.25) is 4.79 Å². The quantitative estimate of drug-likeness (QED) is 0.667. The topological polar surface area (TPSA) is 66.8 Å². The SMILES string of the molecule is CC1=C(CC[C@@H](C)CO)O[C@@H]2C[C@@H]3[C@@H]4CC[C@H]5C[C@@H](O)CC[C@]5(C)[C@H]4CC(=O)[C@]3(C)[C@H]12. The van der Waals surface area contributed by atoms with E-state index in [-0.39, 0.29) is 41.5 Å². The van der Waals surface area contributed by atoms with Crippen molar-refractivity contribution >= 4 is 5.78 Å². The van der Waals surface area contributed by atoms with E-state index >= 15 is 0 Å². The minimum atomic E-state index is -0.280. The summed E-state index contributed by atoms with van der Waals surface area (Å²) in [6, 6.07) is 0. The van der Waals surface area contributed by atoms with Gasteiger partial charge in [0.2, 0.25) is 0 Å². The molecule has 0 unspecified atom stereocenters. The molecule has 2 N–H and O–H groups in total. The predicted octanol–water partition coefficient (Wildman–Crippen LogP) is 4.88. The molecule has 5 rings (SSSR count). The Morgan fingerprint density at radius 1 is 1.16 bits per heavy atom. The summed E-state index contributed by atoms with van der Waals surface area (Å²) in [7, 11) is 0. The van der Waals surface area contributed by atoms with Crippen molar-refractivity contribution in [2.75, 3.05) is 6.61 Å². The van der Waals surface area contributed by atoms with E-state index in [4.69, 9.17) is 4.74 Å². The van der Waals surface area contributed by atoms with Crippen LogP contribution in [0.15, 0.2) is 11.3 Å². The number of fused-ring (bicyclic) bond motifs is 7. The van der Waals surface area contributed by atoms with E-state index in [1.54, 1.807) is 0 Å². The van der Waals surface area contributed by atoms with E-state index in [1.165, 1.54) is 18.4 Å². The molecule has 0 amide bonds. The minimum absolute atomic E-state index is 0.141. The highest BCUT2D eigenvalue weighted by molar-refractivity contribution is 5.87. The van der Waals surface area contributed by atoms with Crippen LogP contribution in [0.5, 0.6) is 0 Å². The van der Waals surface area contributed by atoms with E-state index in [1.807, 2.05) is 0 Å². The van der Waals surface area contributed by atoms with E-state index in [0.717, 1.165) is 50.7 Å². The monoisotopic (exact) mass is 430 g/mol. The highest BCUT2D eigenvalue weighted by Crippen LogP contribution is 2.68. The molecule has 1 aliphatic heterocycles. The van der Waals surface area contributed by atoms with E-state index < -0.39 is 0 Å². The fourth-order valence-corrected chi connectivity index (χ4v) is 8.97. The van der Waals surface area contributed by atoms with Crippen molar-refractivity contribution in [3.05, 3.63) is 11.3 Å². The number of hydrogen-bond acceptors (Lipinski definition) is 4. The second-order valence-corrected chi connectivity index (χ2v) is 12.3. The number of carbonyl (C=O) groups is 1. The zero-order valence-corrected chi connectivity index (χ0v) is 19.9. The molecular weight excluding hydrogens is 388 g/mol. The van der Waals surface area contributed by atoms with Crippen molar-refractivity contribution in [2.24, 2.45) is 46.3 Å². The van der Waals surface area contributed by atoms with Crippen molar-refractivity contribution in [1.82, 2.24) is 0 Å². The molecule has 0 radical (unpaired) electrons. The van der Waals surface area contributed by atoms with Crippen molar-refractivity contribution in [3.8, 4) is 0 Å². The molecule has 0 bridgehead atoms. The summed E-state index contributed by atoms with van der Waals surface area (Å²) in [4.78, 5) is 13.9. The lowest BCUT2D eigenvalue weighted by molar-refractivity contribution is -0.158. The van der Waals surface area contributed by atoms with Gasteiger partial charge in [0.15, 0.2) is 0 Å². The molecule has 31 heavy (non-hydrogen) atoms. The van der Waals surface area contributed by atoms with Crippen LogP contribution >= 0.6 is 0 Å². The zero-order valence-electron chi connectivity index (χ0n) is 19.9. The molecule has 0 spiro atoms. The van der Waals surface area contributed by atoms with E-state index in [2.05, 4.69) is 27.7 Å². The van der Waals surface area contributed by atoms with Gasteiger partial charge in [0.05, 0.1) is 11.9 Å². The first kappa shape index (κ1) is 21.9. The third-order valence-corrected chi connectivity index (χ3v) is 10.9. The van der Waals surface area contributed by atoms with Crippen LogP contribution in [0.2, 0.25) is 0 Å². The maximum atomic E-state index is 13.9. The summed E-state index contributed by atoms with van der Waals surface area (Å²) in [5, 5.41) is 19.6. The van der Waals surface area contributed by atoms with Crippen LogP contribution in [0.1, 0.15) is 85.5 Å². The van der Waals surface area contributed by atoms with E-state index in [0.29, 0.717) is 29.5 Å². The number of carbonyl (C=O) groups excluding carboxylic acids is 1. The van der Waals surface area contributed by atoms with Crippen LogP contribution < -0.4 is 0 Å². The summed E-state index contributed by atoms with van der Waals surface area (Å²) in [6.45, 7) is 9.21. The molecule has 4 nitrogen and oxygen atoms in total. The Morgan fingerprint density at radius 3 is 2.68 bits per heavy atom. The fourth-order valence-electron chi connectivity index (χ4n) is 8.97. The maximum absolute atomic E-state index is 13.9. The third-order valence-electron chi connectivity index (χ3n) is 10.9. The number of aliphatic hydroxyl groups excluding tert-OH is 2. The molecule has 0 aromatic rings. The molecule has 5 aliphatic rings. The van der Waals surface area contributed by atoms with Crippen molar-refractivity contribution < 1.29 is 19.7 Å². The van der Waals surface area contributed by atoms with Gasteiger partial charge in [0.1, 0.15) is 11.9 Å². The molecule has 4 heteroatoms. The maximum Gasteiger partial charge on any atom is 0.140 e. The lowest BCUT2D eigenvalue weighted by atomic mass is 9.44. The Balaban J connectivity index is 1.41. The molecule has 4 saturated carbocycles. The molecule has 4 fully saturated rings. The van der Waals surface area contributed by atoms with Gasteiger partial charge < -0.3 is 14.9 Å². The Labute approximate surface area is 187 Å². The Morgan fingerprint density at radius 2 is 1.94 bits per heavy atom. The molecular formula is C27H42O4. The first-order valence-electron chi connectivity index (χ1n) is 12.9. The standard InChI is InChI=1S/C27H42O4/c1-15(14-28)5-8-22-16(2)25-23(31-22)12-21-19-7-6-17-11-18(29)9-10-26(17,3)20(19)13-24(30)27(21,25)4/h15,17-21,23,25,28-29H,5-14H2,1-4H3/t15-,17+,18+,19-,20+,21-,23-,25-,26+,27-/m1/s1. The van der Waals surface area contributed by atoms with Crippen LogP contribution in [-0.4, -0.2) is 34.8 Å². The first-order chi connectivity index (χ1) is 14.7. The van der Waals surface area contributed by atoms with Crippen LogP contribution in [0.4, 0.5) is 0 Å². The first-order valence-corrected chi connectivity index (χ1v) is 12.9. The number of ketones is 1. The van der Waals surface area contributed by atoms with Gasteiger partial charge >= 0.3 is 0 Å². The van der Waals surface area contributed by atoms with E-state index in [9.17, 15) is 15.0 Å². The van der Waals surface area contributed by atoms with Gasteiger partial charge in [0, 0.05) is 30.8 Å². The van der Waals surface area contributed by atoms with Gasteiger partial charge in [-0.15, -0.1) is 0 Å². The number of allylic oxidation sites excluding steroid dienone is 1. The average Bonchev–Trinajstić information content (AvgIpc) is 3.22. The normalized spacial score (nSPS) is 49.7. The molecule has 1 heterocycles. The minimum Gasteiger partial charge on any atom is -0.494 e. The lowest BCUT2D eigenvalue weighted by Crippen LogP contribution is -2.57. The van der Waals surface area contributed by atoms with Crippen LogP contribution in [0.3, 0.4) is 0 Å². The lowest BCUT2D eigenvalue weighted by Gasteiger charge is -2.60. The number of rotatable bonds is 4. The summed E-state index contributed by atoms with van der Waals surface area (Å²) >= 11 is 0. The number of ether oxygens (including phenoxy) is 1. The second-order valence-electron chi connectivity index (χ2n) is 12.3. The Hall–Kier alpha value is -0.870. The molecule has 0 saturated heterocycles. The summed E-state index contributed by atoms with van der Waals surface area (Å²) in [6.07, 6.45) is 8.93. The highest BCUT2D eigenvalue weighted by Gasteiger charge is 2.67. The van der Waals surface area contributed by atoms with Gasteiger partial charge in [-0.25, -0.2) is 0 Å². The van der Waals surface area contributed by atoms with Gasteiger partial charge in [-0.1, -0.05) is 20.8 Å². The average molecular weight is 431 g/mol. The van der Waals surface area contributed by atoms with Crippen molar-refractivity contribution in [3.63, 3.8) is 0 Å². The molecule has 174 valence electrons. The molecule has 0 aromatic carbocycles. The van der Waals surface area contributed by atoms with Crippen LogP contribution in [-0.2, 0) is 9.53 Å². The number of aliphatic hydroxyl groups is 2. The number of hydrogen-bond donors (Lipinski definition) is 2. The third kappa shape index (κ3) is 3.10. The second kappa shape index (κ2) is 7.58. The molecule has 0 aromatic heterocycles. The summed E-state index contributed by atoms with van der Waals surface area (Å²) in [5.41, 5.74) is 1.25. The van der Waals surface area contributed by atoms with Gasteiger partial charge in [-0.05, 0) is 92.4 Å². The van der Waals surface area contributed by atoms with Crippen LogP contribution in [0, 0.1) is 46.3 Å². The van der Waals surface area contributed by atoms with Gasteiger partial charge in [0.25, 0.3) is 0 Å². The van der Waals surface area contributed by atoms with Crippen molar-refractivity contribution in [1.29, 1.82) is 0 Å². The largest absolute Gasteiger partial charge is 0.494 e. The number of Topliss-reactive ketones (excluding diaryl/α,β-unsaturated/α-hetero) is 1. The zero-order chi connectivity index (χ0) is 22.1. The summed E-state index contributed by atoms with van der Waals surface area (Å²) in [5.74, 6) is 4.23. The fraction of sp³-hybridized carbons (Fsp3) is 0.889.